The third-order valence-corrected chi connectivity index (χ3v) is 4.10. The highest BCUT2D eigenvalue weighted by atomic mass is 16.6. The average Bonchev–Trinajstić information content (AvgIpc) is 2.62. The zero-order chi connectivity index (χ0) is 21.7. The molecule has 27 heavy (non-hydrogen) atoms. The Morgan fingerprint density at radius 2 is 1.26 bits per heavy atom. The molecule has 0 amide bonds. The second-order valence-corrected chi connectivity index (χ2v) is 7.41. The highest BCUT2D eigenvalue weighted by Gasteiger charge is 2.27. The van der Waals surface area contributed by atoms with Crippen LogP contribution in [0.3, 0.4) is 0 Å². The molecule has 0 aromatic heterocycles. The lowest BCUT2D eigenvalue weighted by molar-refractivity contribution is -0.158. The Bertz CT molecular complexity index is 517. The summed E-state index contributed by atoms with van der Waals surface area (Å²) in [7, 11) is 0. The molecule has 0 N–H and O–H groups in total. The quantitative estimate of drug-likeness (QED) is 0.184. The summed E-state index contributed by atoms with van der Waals surface area (Å²) >= 11 is 0. The number of hydrogen-bond acceptors (Lipinski definition) is 6. The normalized spacial score (nSPS) is 10.8. The van der Waals surface area contributed by atoms with Crippen LogP contribution in [0.1, 0.15) is 61.3 Å². The smallest absolute Gasteiger partial charge is 0.333 e. The molecule has 0 heterocycles. The van der Waals surface area contributed by atoms with Gasteiger partial charge in [-0.2, -0.15) is 0 Å². The van der Waals surface area contributed by atoms with Gasteiger partial charge in [0.2, 0.25) is 0 Å². The summed E-state index contributed by atoms with van der Waals surface area (Å²) < 4.78 is 14.7. The van der Waals surface area contributed by atoms with Gasteiger partial charge in [-0.05, 0) is 47.5 Å². The van der Waals surface area contributed by atoms with Crippen molar-refractivity contribution in [3.05, 3.63) is 24.8 Å². The summed E-state index contributed by atoms with van der Waals surface area (Å²) in [4.78, 5) is 33.7. The standard InChI is InChI=1S/C12H20O4.C9H16O2/c1-6-12(4,5)11(14)16-8-7-15-10(13)9(2)3;1-5-7-11-8(10)9(3,4)6-2/h2,6-8H2,1,3-5H3;5H,1,6-7H2,2-4H3. The Balaban J connectivity index is 0. The fourth-order valence-corrected chi connectivity index (χ4v) is 1.21. The molecule has 0 rings (SSSR count). The molecule has 0 spiro atoms. The van der Waals surface area contributed by atoms with Gasteiger partial charge in [-0.15, -0.1) is 0 Å². The Labute approximate surface area is 163 Å². The predicted octanol–water partition coefficient (Wildman–Crippen LogP) is 4.24. The van der Waals surface area contributed by atoms with Crippen molar-refractivity contribution in [2.45, 2.75) is 61.3 Å². The van der Waals surface area contributed by atoms with Crippen molar-refractivity contribution in [1.82, 2.24) is 0 Å². The van der Waals surface area contributed by atoms with E-state index in [1.807, 2.05) is 41.5 Å². The van der Waals surface area contributed by atoms with Crippen molar-refractivity contribution in [2.75, 3.05) is 19.8 Å². The molecule has 0 aromatic carbocycles. The maximum atomic E-state index is 11.5. The minimum Gasteiger partial charge on any atom is -0.462 e. The lowest BCUT2D eigenvalue weighted by atomic mass is 9.91. The average molecular weight is 385 g/mol. The molecule has 0 radical (unpaired) electrons. The summed E-state index contributed by atoms with van der Waals surface area (Å²) in [6, 6.07) is 0. The molecule has 0 atom stereocenters. The lowest BCUT2D eigenvalue weighted by Crippen LogP contribution is -2.27. The van der Waals surface area contributed by atoms with Gasteiger partial charge < -0.3 is 14.2 Å². The topological polar surface area (TPSA) is 78.9 Å². The van der Waals surface area contributed by atoms with Crippen LogP contribution in [0.25, 0.3) is 0 Å². The van der Waals surface area contributed by atoms with Crippen molar-refractivity contribution in [2.24, 2.45) is 10.8 Å². The number of esters is 3. The zero-order valence-corrected chi connectivity index (χ0v) is 18.0. The highest BCUT2D eigenvalue weighted by Crippen LogP contribution is 2.21. The Morgan fingerprint density at radius 1 is 0.852 bits per heavy atom. The van der Waals surface area contributed by atoms with Gasteiger partial charge in [-0.1, -0.05) is 33.1 Å². The van der Waals surface area contributed by atoms with E-state index in [0.717, 1.165) is 6.42 Å². The molecule has 0 aliphatic rings. The predicted molar refractivity (Wildman–Crippen MR) is 106 cm³/mol. The molecule has 0 bridgehead atoms. The van der Waals surface area contributed by atoms with Crippen molar-refractivity contribution in [1.29, 1.82) is 0 Å². The van der Waals surface area contributed by atoms with E-state index in [1.54, 1.807) is 13.0 Å². The van der Waals surface area contributed by atoms with Crippen LogP contribution >= 0.6 is 0 Å². The molecule has 0 fully saturated rings. The summed E-state index contributed by atoms with van der Waals surface area (Å²) in [5, 5.41) is 0. The van der Waals surface area contributed by atoms with Crippen LogP contribution in [-0.4, -0.2) is 37.7 Å². The zero-order valence-electron chi connectivity index (χ0n) is 18.0. The van der Waals surface area contributed by atoms with Gasteiger partial charge in [0.1, 0.15) is 19.8 Å². The van der Waals surface area contributed by atoms with Gasteiger partial charge in [-0.25, -0.2) is 4.79 Å². The summed E-state index contributed by atoms with van der Waals surface area (Å²) in [6.45, 7) is 20.2. The number of ether oxygens (including phenoxy) is 3. The van der Waals surface area contributed by atoms with Crippen LogP contribution in [-0.2, 0) is 28.6 Å². The molecule has 0 saturated heterocycles. The first kappa shape index (κ1) is 27.1. The number of hydrogen-bond donors (Lipinski definition) is 0. The maximum absolute atomic E-state index is 11.5. The van der Waals surface area contributed by atoms with Crippen LogP contribution in [0.2, 0.25) is 0 Å². The minimum atomic E-state index is -0.488. The first-order chi connectivity index (χ1) is 12.4. The third kappa shape index (κ3) is 12.0. The summed E-state index contributed by atoms with van der Waals surface area (Å²) in [5.41, 5.74) is -0.512. The van der Waals surface area contributed by atoms with E-state index in [2.05, 4.69) is 13.2 Å². The molecular formula is C21H36O6. The van der Waals surface area contributed by atoms with Gasteiger partial charge >= 0.3 is 17.9 Å². The van der Waals surface area contributed by atoms with Crippen molar-refractivity contribution in [3.8, 4) is 0 Å². The van der Waals surface area contributed by atoms with E-state index < -0.39 is 11.4 Å². The van der Waals surface area contributed by atoms with Crippen LogP contribution in [0.5, 0.6) is 0 Å². The number of carbonyl (C=O) groups is 3. The van der Waals surface area contributed by atoms with Crippen LogP contribution < -0.4 is 0 Å². The van der Waals surface area contributed by atoms with E-state index in [0.29, 0.717) is 18.6 Å². The van der Waals surface area contributed by atoms with Crippen LogP contribution in [0.4, 0.5) is 0 Å². The van der Waals surface area contributed by atoms with Gasteiger partial charge in [0.25, 0.3) is 0 Å². The first-order valence-electron chi connectivity index (χ1n) is 9.13. The summed E-state index contributed by atoms with van der Waals surface area (Å²) in [6.07, 6.45) is 3.07. The molecule has 156 valence electrons. The van der Waals surface area contributed by atoms with Gasteiger partial charge in [0, 0.05) is 5.57 Å². The molecular weight excluding hydrogens is 348 g/mol. The molecule has 0 saturated carbocycles. The van der Waals surface area contributed by atoms with Gasteiger partial charge in [0.05, 0.1) is 10.8 Å². The molecule has 0 aliphatic heterocycles. The van der Waals surface area contributed by atoms with E-state index >= 15 is 0 Å². The third-order valence-electron chi connectivity index (χ3n) is 4.10. The lowest BCUT2D eigenvalue weighted by Gasteiger charge is -2.20. The second kappa shape index (κ2) is 13.1. The SMILES string of the molecule is C=C(C)C(=O)OCCOC(=O)C(C)(C)CC.C=CCOC(=O)C(C)(C)CC. The monoisotopic (exact) mass is 384 g/mol. The van der Waals surface area contributed by atoms with Crippen molar-refractivity contribution < 1.29 is 28.6 Å². The van der Waals surface area contributed by atoms with Gasteiger partial charge in [0.15, 0.2) is 0 Å². The van der Waals surface area contributed by atoms with Crippen molar-refractivity contribution >= 4 is 17.9 Å². The second-order valence-electron chi connectivity index (χ2n) is 7.41. The fraction of sp³-hybridized carbons (Fsp3) is 0.667. The van der Waals surface area contributed by atoms with Crippen LogP contribution in [0.15, 0.2) is 24.8 Å². The van der Waals surface area contributed by atoms with E-state index in [9.17, 15) is 14.4 Å². The highest BCUT2D eigenvalue weighted by molar-refractivity contribution is 5.86. The van der Waals surface area contributed by atoms with Crippen molar-refractivity contribution in [3.63, 3.8) is 0 Å². The van der Waals surface area contributed by atoms with E-state index in [1.165, 1.54) is 0 Å². The Kier molecular flexibility index (Phi) is 13.2. The Morgan fingerprint density at radius 3 is 1.63 bits per heavy atom. The largest absolute Gasteiger partial charge is 0.462 e. The molecule has 0 unspecified atom stereocenters. The minimum absolute atomic E-state index is 0.0667. The molecule has 6 nitrogen and oxygen atoms in total. The fourth-order valence-electron chi connectivity index (χ4n) is 1.21. The van der Waals surface area contributed by atoms with Gasteiger partial charge in [-0.3, -0.25) is 9.59 Å². The van der Waals surface area contributed by atoms with E-state index in [4.69, 9.17) is 14.2 Å². The number of rotatable bonds is 10. The molecule has 6 heteroatoms. The molecule has 0 aliphatic carbocycles. The number of carbonyl (C=O) groups excluding carboxylic acids is 3. The van der Waals surface area contributed by atoms with E-state index in [-0.39, 0.29) is 30.6 Å². The Hall–Kier alpha value is -2.11. The van der Waals surface area contributed by atoms with Crippen LogP contribution in [0, 0.1) is 10.8 Å². The first-order valence-corrected chi connectivity index (χ1v) is 9.13. The molecule has 0 aromatic rings. The summed E-state index contributed by atoms with van der Waals surface area (Å²) in [5.74, 6) is -0.896. The maximum Gasteiger partial charge on any atom is 0.333 e.